The molecule has 0 radical (unpaired) electrons. The van der Waals surface area contributed by atoms with E-state index in [4.69, 9.17) is 23.2 Å². The maximum absolute atomic E-state index is 12.8. The van der Waals surface area contributed by atoms with Gasteiger partial charge in [-0.05, 0) is 53.6 Å². The average molecular weight is 497 g/mol. The molecule has 0 saturated heterocycles. The Morgan fingerprint density at radius 2 is 1.52 bits per heavy atom. The molecule has 0 unspecified atom stereocenters. The Morgan fingerprint density at radius 1 is 0.879 bits per heavy atom. The fourth-order valence-electron chi connectivity index (χ4n) is 3.47. The Kier molecular flexibility index (Phi) is 5.57. The lowest BCUT2D eigenvalue weighted by Crippen LogP contribution is -2.20. The Labute approximate surface area is 200 Å². The minimum Gasteiger partial charge on any atom is -0.338 e. The minimum atomic E-state index is -4.02. The van der Waals surface area contributed by atoms with E-state index in [2.05, 4.69) is 20.1 Å². The first kappa shape index (κ1) is 21.5. The summed E-state index contributed by atoms with van der Waals surface area (Å²) in [5, 5.41) is 8.65. The highest BCUT2D eigenvalue weighted by Crippen LogP contribution is 2.36. The van der Waals surface area contributed by atoms with E-state index in [1.54, 1.807) is 16.8 Å². The topological polar surface area (TPSA) is 91.0 Å². The van der Waals surface area contributed by atoms with E-state index in [1.807, 2.05) is 48.5 Å². The molecule has 1 aliphatic rings. The lowest BCUT2D eigenvalue weighted by molar-refractivity contribution is 0.601. The van der Waals surface area contributed by atoms with Gasteiger partial charge in [0.25, 0.3) is 0 Å². The first-order valence-corrected chi connectivity index (χ1v) is 12.1. The molecule has 0 aliphatic carbocycles. The van der Waals surface area contributed by atoms with Crippen molar-refractivity contribution < 1.29 is 8.42 Å². The van der Waals surface area contributed by atoms with Crippen molar-refractivity contribution in [3.05, 3.63) is 111 Å². The van der Waals surface area contributed by atoms with Crippen LogP contribution in [0.25, 0.3) is 10.4 Å². The van der Waals surface area contributed by atoms with Gasteiger partial charge >= 0.3 is 0 Å². The molecule has 5 rings (SSSR count). The number of benzene rings is 3. The van der Waals surface area contributed by atoms with Gasteiger partial charge in [0.1, 0.15) is 5.95 Å². The summed E-state index contributed by atoms with van der Waals surface area (Å²) in [4.78, 5) is 4.35. The molecular formula is C23H16Cl2N5O2S-. The van der Waals surface area contributed by atoms with E-state index >= 15 is 0 Å². The molecule has 0 fully saturated rings. The highest BCUT2D eigenvalue weighted by Gasteiger charge is 2.22. The second-order valence-corrected chi connectivity index (χ2v) is 9.74. The van der Waals surface area contributed by atoms with E-state index in [0.29, 0.717) is 16.0 Å². The van der Waals surface area contributed by atoms with Crippen molar-refractivity contribution in [2.45, 2.75) is 10.9 Å². The Hall–Kier alpha value is -3.33. The molecule has 1 aliphatic heterocycles. The Balaban J connectivity index is 1.53. The van der Waals surface area contributed by atoms with Crippen molar-refractivity contribution >= 4 is 50.8 Å². The molecule has 3 aromatic carbocycles. The van der Waals surface area contributed by atoms with Crippen LogP contribution in [0.2, 0.25) is 10.0 Å². The second-order valence-electron chi connectivity index (χ2n) is 7.27. The van der Waals surface area contributed by atoms with Gasteiger partial charge in [0.2, 0.25) is 10.0 Å². The first-order valence-electron chi connectivity index (χ1n) is 9.89. The van der Waals surface area contributed by atoms with Crippen LogP contribution in [0.15, 0.2) is 89.8 Å². The molecule has 2 heterocycles. The standard InChI is InChI=1S/C23H16Cl2N5O2S/c24-17-8-6-16(7-9-17)21-14-20(15-4-2-1-3-5-15)26-23-27-22(28-30(21)23)29-33(31,32)19-12-10-18(25)11-13-19/h1-14,21H,(H-,26,27,28,29)/q-1/t21-/m1/s1. The molecule has 1 N–H and O–H groups in total. The van der Waals surface area contributed by atoms with Crippen LogP contribution in [0.5, 0.6) is 0 Å². The normalized spacial score (nSPS) is 15.3. The number of fused-ring (bicyclic) bond motifs is 1. The third kappa shape index (κ3) is 4.45. The zero-order valence-corrected chi connectivity index (χ0v) is 19.3. The molecule has 0 bridgehead atoms. The van der Waals surface area contributed by atoms with Crippen LogP contribution in [-0.2, 0) is 10.0 Å². The van der Waals surface area contributed by atoms with Crippen molar-refractivity contribution in [2.75, 3.05) is 5.32 Å². The molecule has 1 atom stereocenters. The van der Waals surface area contributed by atoms with Gasteiger partial charge in [0.05, 0.1) is 16.9 Å². The van der Waals surface area contributed by atoms with E-state index in [1.165, 1.54) is 24.3 Å². The van der Waals surface area contributed by atoms with Crippen LogP contribution in [0.4, 0.5) is 11.9 Å². The van der Waals surface area contributed by atoms with Crippen LogP contribution < -0.4 is 5.32 Å². The monoisotopic (exact) mass is 496 g/mol. The van der Waals surface area contributed by atoms with Crippen LogP contribution in [0, 0.1) is 0 Å². The molecule has 0 amide bonds. The summed E-state index contributed by atoms with van der Waals surface area (Å²) in [6, 6.07) is 22.5. The molecule has 4 aromatic rings. The number of allylic oxidation sites excluding steroid dienone is 1. The van der Waals surface area contributed by atoms with Gasteiger partial charge in [-0.2, -0.15) is 0 Å². The zero-order valence-electron chi connectivity index (χ0n) is 16.9. The van der Waals surface area contributed by atoms with Gasteiger partial charge in [-0.3, -0.25) is 14.5 Å². The minimum absolute atomic E-state index is 0.00461. The van der Waals surface area contributed by atoms with Gasteiger partial charge in [-0.25, -0.2) is 8.42 Å². The SMILES string of the molecule is O=S(=O)([N-]c1nc2n(n1)[C@@H](c1ccc(Cl)cc1)C=C(c1ccccc1)N2)c1ccc(Cl)cc1. The average Bonchev–Trinajstić information content (AvgIpc) is 3.21. The van der Waals surface area contributed by atoms with Gasteiger partial charge in [0.15, 0.2) is 0 Å². The predicted octanol–water partition coefficient (Wildman–Crippen LogP) is 6.04. The van der Waals surface area contributed by atoms with Crippen molar-refractivity contribution in [3.63, 3.8) is 0 Å². The predicted molar refractivity (Wildman–Crippen MR) is 129 cm³/mol. The molecule has 1 aromatic heterocycles. The highest BCUT2D eigenvalue weighted by molar-refractivity contribution is 7.94. The number of halogens is 2. The Bertz CT molecular complexity index is 1430. The number of anilines is 1. The molecule has 0 spiro atoms. The highest BCUT2D eigenvalue weighted by atomic mass is 35.5. The van der Waals surface area contributed by atoms with Gasteiger partial charge in [-0.1, -0.05) is 65.7 Å². The summed E-state index contributed by atoms with van der Waals surface area (Å²) in [7, 11) is -4.02. The number of hydrogen-bond acceptors (Lipinski definition) is 5. The molecular weight excluding hydrogens is 481 g/mol. The number of sulfonamides is 1. The molecule has 166 valence electrons. The zero-order chi connectivity index (χ0) is 23.0. The van der Waals surface area contributed by atoms with E-state index in [0.717, 1.165) is 16.8 Å². The first-order chi connectivity index (χ1) is 15.9. The van der Waals surface area contributed by atoms with Crippen molar-refractivity contribution in [2.24, 2.45) is 0 Å². The third-order valence-electron chi connectivity index (χ3n) is 5.06. The summed E-state index contributed by atoms with van der Waals surface area (Å²) in [5.41, 5.74) is 2.69. The lowest BCUT2D eigenvalue weighted by atomic mass is 10.0. The van der Waals surface area contributed by atoms with Gasteiger partial charge < -0.3 is 10.3 Å². The summed E-state index contributed by atoms with van der Waals surface area (Å²) >= 11 is 11.9. The summed E-state index contributed by atoms with van der Waals surface area (Å²) in [6.07, 6.45) is 2.00. The number of hydrogen-bond donors (Lipinski definition) is 1. The van der Waals surface area contributed by atoms with Crippen LogP contribution in [-0.4, -0.2) is 23.2 Å². The molecule has 7 nitrogen and oxygen atoms in total. The van der Waals surface area contributed by atoms with Gasteiger partial charge in [0, 0.05) is 15.7 Å². The van der Waals surface area contributed by atoms with Crippen LogP contribution in [0.3, 0.4) is 0 Å². The van der Waals surface area contributed by atoms with Crippen molar-refractivity contribution in [1.82, 2.24) is 14.8 Å². The summed E-state index contributed by atoms with van der Waals surface area (Å²) in [5.74, 6) is 0.204. The maximum atomic E-state index is 12.8. The van der Waals surface area contributed by atoms with Crippen molar-refractivity contribution in [3.8, 4) is 0 Å². The third-order valence-corrected chi connectivity index (χ3v) is 6.84. The van der Waals surface area contributed by atoms with E-state index < -0.39 is 10.0 Å². The fraction of sp³-hybridized carbons (Fsp3) is 0.0435. The number of rotatable bonds is 5. The second kappa shape index (κ2) is 8.55. The van der Waals surface area contributed by atoms with Crippen LogP contribution >= 0.6 is 23.2 Å². The van der Waals surface area contributed by atoms with Gasteiger partial charge in [-0.15, -0.1) is 0 Å². The molecule has 33 heavy (non-hydrogen) atoms. The molecule has 10 heteroatoms. The summed E-state index contributed by atoms with van der Waals surface area (Å²) < 4.78 is 30.9. The maximum Gasteiger partial charge on any atom is 0.229 e. The quantitative estimate of drug-likeness (QED) is 0.363. The van der Waals surface area contributed by atoms with E-state index in [-0.39, 0.29) is 16.9 Å². The van der Waals surface area contributed by atoms with Crippen LogP contribution in [0.1, 0.15) is 17.2 Å². The number of nitrogens with one attached hydrogen (secondary N) is 1. The van der Waals surface area contributed by atoms with Crippen molar-refractivity contribution in [1.29, 1.82) is 0 Å². The fourth-order valence-corrected chi connectivity index (χ4v) is 4.60. The number of nitrogens with zero attached hydrogens (tertiary/aromatic N) is 4. The summed E-state index contributed by atoms with van der Waals surface area (Å²) in [6.45, 7) is 0. The smallest absolute Gasteiger partial charge is 0.229 e. The Morgan fingerprint density at radius 3 is 2.18 bits per heavy atom. The lowest BCUT2D eigenvalue weighted by Gasteiger charge is -2.27. The van der Waals surface area contributed by atoms with E-state index in [9.17, 15) is 8.42 Å². The number of aromatic nitrogens is 3. The largest absolute Gasteiger partial charge is 0.338 e. The molecule has 0 saturated carbocycles.